The highest BCUT2D eigenvalue weighted by Crippen LogP contribution is 2.20. The van der Waals surface area contributed by atoms with Crippen LogP contribution in [0.15, 0.2) is 23.1 Å². The van der Waals surface area contributed by atoms with Crippen molar-refractivity contribution in [3.05, 3.63) is 24.0 Å². The van der Waals surface area contributed by atoms with Crippen molar-refractivity contribution in [1.82, 2.24) is 10.0 Å². The van der Waals surface area contributed by atoms with E-state index in [-0.39, 0.29) is 17.2 Å². The molecule has 2 N–H and O–H groups in total. The van der Waals surface area contributed by atoms with Gasteiger partial charge in [-0.2, -0.15) is 0 Å². The number of hydrogen-bond donors (Lipinski definition) is 2. The number of sulfonamides is 1. The topological polar surface area (TPSA) is 67.4 Å². The number of methoxy groups -OCH3 is 1. The first kappa shape index (κ1) is 13.9. The Morgan fingerprint density at radius 1 is 1.35 bits per heavy atom. The van der Waals surface area contributed by atoms with Gasteiger partial charge in [-0.25, -0.2) is 17.5 Å². The number of rotatable bonds is 6. The van der Waals surface area contributed by atoms with E-state index in [2.05, 4.69) is 10.0 Å². The highest BCUT2D eigenvalue weighted by Gasteiger charge is 2.15. The van der Waals surface area contributed by atoms with E-state index in [1.54, 1.807) is 7.05 Å². The summed E-state index contributed by atoms with van der Waals surface area (Å²) in [6.07, 6.45) is 0. The van der Waals surface area contributed by atoms with Gasteiger partial charge >= 0.3 is 0 Å². The lowest BCUT2D eigenvalue weighted by Crippen LogP contribution is -2.30. The van der Waals surface area contributed by atoms with Crippen molar-refractivity contribution in [3.8, 4) is 5.75 Å². The Labute approximate surface area is 100 Å². The molecule has 0 fully saturated rings. The van der Waals surface area contributed by atoms with Gasteiger partial charge in [0, 0.05) is 13.1 Å². The zero-order chi connectivity index (χ0) is 12.9. The van der Waals surface area contributed by atoms with Gasteiger partial charge in [-0.3, -0.25) is 0 Å². The summed E-state index contributed by atoms with van der Waals surface area (Å²) in [5, 5.41) is 2.80. The molecule has 0 saturated heterocycles. The van der Waals surface area contributed by atoms with E-state index in [0.29, 0.717) is 6.54 Å². The van der Waals surface area contributed by atoms with Crippen molar-refractivity contribution in [2.75, 3.05) is 27.2 Å². The molecular formula is C10H15FN2O3S. The molecular weight excluding hydrogens is 247 g/mol. The van der Waals surface area contributed by atoms with Crippen LogP contribution in [0.25, 0.3) is 0 Å². The predicted molar refractivity (Wildman–Crippen MR) is 62.1 cm³/mol. The first-order chi connectivity index (χ1) is 8.01. The van der Waals surface area contributed by atoms with E-state index in [1.165, 1.54) is 19.2 Å². The fourth-order valence-electron chi connectivity index (χ4n) is 1.21. The second-order valence-corrected chi connectivity index (χ2v) is 5.06. The molecule has 0 aliphatic carbocycles. The molecule has 0 aliphatic rings. The minimum absolute atomic E-state index is 0.0131. The third-order valence-electron chi connectivity index (χ3n) is 2.10. The molecule has 17 heavy (non-hydrogen) atoms. The number of benzene rings is 1. The van der Waals surface area contributed by atoms with Crippen LogP contribution in [0.2, 0.25) is 0 Å². The SMILES string of the molecule is CNCCNS(=O)(=O)c1ccc(OC)c(F)c1. The first-order valence-corrected chi connectivity index (χ1v) is 6.47. The van der Waals surface area contributed by atoms with Crippen molar-refractivity contribution < 1.29 is 17.5 Å². The standard InChI is InChI=1S/C10H15FN2O3S/c1-12-5-6-13-17(14,15)8-3-4-10(16-2)9(11)7-8/h3-4,7,12-13H,5-6H2,1-2H3. The van der Waals surface area contributed by atoms with E-state index in [1.807, 2.05) is 0 Å². The number of nitrogens with one attached hydrogen (secondary N) is 2. The van der Waals surface area contributed by atoms with Gasteiger partial charge in [0.2, 0.25) is 10.0 Å². The quantitative estimate of drug-likeness (QED) is 0.725. The molecule has 0 aromatic heterocycles. The van der Waals surface area contributed by atoms with E-state index >= 15 is 0 Å². The lowest BCUT2D eigenvalue weighted by atomic mass is 10.3. The minimum Gasteiger partial charge on any atom is -0.494 e. The molecule has 0 bridgehead atoms. The van der Waals surface area contributed by atoms with Gasteiger partial charge in [0.05, 0.1) is 12.0 Å². The van der Waals surface area contributed by atoms with Gasteiger partial charge in [0.25, 0.3) is 0 Å². The summed E-state index contributed by atoms with van der Waals surface area (Å²) < 4.78 is 43.8. The summed E-state index contributed by atoms with van der Waals surface area (Å²) in [6.45, 7) is 0.740. The predicted octanol–water partition coefficient (Wildman–Crippen LogP) is 0.332. The number of likely N-dealkylation sites (N-methyl/N-ethyl adjacent to an activating group) is 1. The van der Waals surface area contributed by atoms with Crippen molar-refractivity contribution in [2.45, 2.75) is 4.90 Å². The molecule has 0 amide bonds. The van der Waals surface area contributed by atoms with Crippen molar-refractivity contribution in [2.24, 2.45) is 0 Å². The largest absolute Gasteiger partial charge is 0.494 e. The third-order valence-corrected chi connectivity index (χ3v) is 3.56. The van der Waals surface area contributed by atoms with Crippen LogP contribution < -0.4 is 14.8 Å². The molecule has 0 atom stereocenters. The smallest absolute Gasteiger partial charge is 0.240 e. The third kappa shape index (κ3) is 3.65. The summed E-state index contributed by atoms with van der Waals surface area (Å²) in [4.78, 5) is -0.119. The molecule has 1 aromatic carbocycles. The normalized spacial score (nSPS) is 11.5. The number of ether oxygens (including phenoxy) is 1. The zero-order valence-corrected chi connectivity index (χ0v) is 10.5. The molecule has 0 spiro atoms. The minimum atomic E-state index is -3.67. The van der Waals surface area contributed by atoms with Crippen LogP contribution in [0.3, 0.4) is 0 Å². The van der Waals surface area contributed by atoms with Gasteiger partial charge in [0.1, 0.15) is 0 Å². The molecule has 0 unspecified atom stereocenters. The second-order valence-electron chi connectivity index (χ2n) is 3.30. The summed E-state index contributed by atoms with van der Waals surface area (Å²) in [7, 11) is -0.639. The first-order valence-electron chi connectivity index (χ1n) is 4.99. The fourth-order valence-corrected chi connectivity index (χ4v) is 2.25. The Morgan fingerprint density at radius 3 is 2.59 bits per heavy atom. The van der Waals surface area contributed by atoms with E-state index in [0.717, 1.165) is 6.07 Å². The Balaban J connectivity index is 2.88. The van der Waals surface area contributed by atoms with Gasteiger partial charge < -0.3 is 10.1 Å². The highest BCUT2D eigenvalue weighted by molar-refractivity contribution is 7.89. The van der Waals surface area contributed by atoms with Crippen molar-refractivity contribution in [3.63, 3.8) is 0 Å². The number of hydrogen-bond acceptors (Lipinski definition) is 4. The Bertz CT molecular complexity index is 476. The van der Waals surface area contributed by atoms with Gasteiger partial charge in [-0.15, -0.1) is 0 Å². The highest BCUT2D eigenvalue weighted by atomic mass is 32.2. The summed E-state index contributed by atoms with van der Waals surface area (Å²) >= 11 is 0. The molecule has 1 rings (SSSR count). The molecule has 0 radical (unpaired) electrons. The summed E-state index contributed by atoms with van der Waals surface area (Å²) in [5.74, 6) is -0.692. The van der Waals surface area contributed by atoms with Gasteiger partial charge in [0.15, 0.2) is 11.6 Å². The molecule has 96 valence electrons. The average Bonchev–Trinajstić information content (AvgIpc) is 2.29. The Morgan fingerprint density at radius 2 is 2.06 bits per heavy atom. The maximum atomic E-state index is 13.3. The van der Waals surface area contributed by atoms with Crippen LogP contribution in [-0.4, -0.2) is 35.7 Å². The van der Waals surface area contributed by atoms with E-state index < -0.39 is 15.8 Å². The van der Waals surface area contributed by atoms with E-state index in [9.17, 15) is 12.8 Å². The van der Waals surface area contributed by atoms with Crippen LogP contribution in [0.1, 0.15) is 0 Å². The number of halogens is 1. The maximum absolute atomic E-state index is 13.3. The monoisotopic (exact) mass is 262 g/mol. The van der Waals surface area contributed by atoms with E-state index in [4.69, 9.17) is 4.74 Å². The van der Waals surface area contributed by atoms with Crippen LogP contribution in [0, 0.1) is 5.82 Å². The molecule has 0 saturated carbocycles. The van der Waals surface area contributed by atoms with Gasteiger partial charge in [-0.05, 0) is 25.2 Å². The second kappa shape index (κ2) is 5.95. The summed E-state index contributed by atoms with van der Waals surface area (Å²) in [5.41, 5.74) is 0. The molecule has 0 aliphatic heterocycles. The van der Waals surface area contributed by atoms with Crippen LogP contribution in [0.4, 0.5) is 4.39 Å². The Kier molecular flexibility index (Phi) is 4.86. The van der Waals surface area contributed by atoms with Crippen LogP contribution in [0.5, 0.6) is 5.75 Å². The van der Waals surface area contributed by atoms with Crippen LogP contribution in [-0.2, 0) is 10.0 Å². The van der Waals surface area contributed by atoms with Crippen molar-refractivity contribution >= 4 is 10.0 Å². The Hall–Kier alpha value is -1.18. The molecule has 5 nitrogen and oxygen atoms in total. The maximum Gasteiger partial charge on any atom is 0.240 e. The van der Waals surface area contributed by atoms with Crippen molar-refractivity contribution in [1.29, 1.82) is 0 Å². The average molecular weight is 262 g/mol. The molecule has 0 heterocycles. The zero-order valence-electron chi connectivity index (χ0n) is 9.66. The molecule has 7 heteroatoms. The molecule has 1 aromatic rings. The fraction of sp³-hybridized carbons (Fsp3) is 0.400. The summed E-state index contributed by atoms with van der Waals surface area (Å²) in [6, 6.07) is 3.51. The lowest BCUT2D eigenvalue weighted by Gasteiger charge is -2.08. The lowest BCUT2D eigenvalue weighted by molar-refractivity contribution is 0.385. The van der Waals surface area contributed by atoms with Crippen LogP contribution >= 0.6 is 0 Å². The van der Waals surface area contributed by atoms with Gasteiger partial charge in [-0.1, -0.05) is 0 Å².